The number of pyridine rings is 1. The summed E-state index contributed by atoms with van der Waals surface area (Å²) in [6, 6.07) is 7.21. The number of fused-ring (bicyclic) bond motifs is 2. The number of ether oxygens (including phenoxy) is 3. The van der Waals surface area contributed by atoms with Crippen LogP contribution in [0.1, 0.15) is 20.8 Å². The maximum Gasteiger partial charge on any atom is 0.408 e. The summed E-state index contributed by atoms with van der Waals surface area (Å²) in [4.78, 5) is 16.4. The summed E-state index contributed by atoms with van der Waals surface area (Å²) < 4.78 is 17.2. The molecule has 1 aromatic heterocycles. The highest BCUT2D eigenvalue weighted by molar-refractivity contribution is 6.33. The van der Waals surface area contributed by atoms with Gasteiger partial charge in [0.15, 0.2) is 5.15 Å². The molecule has 0 radical (unpaired) electrons. The van der Waals surface area contributed by atoms with Gasteiger partial charge in [-0.05, 0) is 26.8 Å². The third kappa shape index (κ3) is 4.05. The normalized spacial score (nSPS) is 26.3. The fraction of sp³-hybridized carbons (Fsp3) is 0.500. The SMILES string of the molecule is CC(C)(C)OC(=O)N[C@H]1CO[C@H]2[C@@H]1OC[C@@H]2Nc1c(N)c(Cl)nc2ccccc12. The van der Waals surface area contributed by atoms with E-state index >= 15 is 0 Å². The average molecular weight is 421 g/mol. The van der Waals surface area contributed by atoms with Gasteiger partial charge in [0.05, 0.1) is 42.2 Å². The molecular weight excluding hydrogens is 396 g/mol. The lowest BCUT2D eigenvalue weighted by Crippen LogP contribution is -2.46. The number of carbonyl (C=O) groups excluding carboxylic acids is 1. The number of hydrogen-bond donors (Lipinski definition) is 3. The van der Waals surface area contributed by atoms with Crippen molar-refractivity contribution in [3.8, 4) is 0 Å². The van der Waals surface area contributed by atoms with Gasteiger partial charge in [-0.3, -0.25) is 0 Å². The molecule has 2 fully saturated rings. The minimum Gasteiger partial charge on any atom is -0.444 e. The number of nitrogens with two attached hydrogens (primary N) is 1. The lowest BCUT2D eigenvalue weighted by Gasteiger charge is -2.23. The van der Waals surface area contributed by atoms with Crippen molar-refractivity contribution in [1.29, 1.82) is 0 Å². The number of benzene rings is 1. The van der Waals surface area contributed by atoms with Crippen LogP contribution in [0.25, 0.3) is 10.9 Å². The van der Waals surface area contributed by atoms with Crippen LogP contribution in [0.2, 0.25) is 5.15 Å². The number of carbonyl (C=O) groups is 1. The molecule has 0 aliphatic carbocycles. The molecule has 2 saturated heterocycles. The van der Waals surface area contributed by atoms with E-state index < -0.39 is 11.7 Å². The Morgan fingerprint density at radius 1 is 1.21 bits per heavy atom. The number of para-hydroxylation sites is 1. The van der Waals surface area contributed by atoms with Crippen molar-refractivity contribution in [1.82, 2.24) is 10.3 Å². The zero-order valence-corrected chi connectivity index (χ0v) is 17.3. The first-order valence-electron chi connectivity index (χ1n) is 9.56. The minimum absolute atomic E-state index is 0.144. The number of nitrogen functional groups attached to an aromatic ring is 1. The van der Waals surface area contributed by atoms with E-state index in [2.05, 4.69) is 15.6 Å². The number of anilines is 2. The van der Waals surface area contributed by atoms with Crippen LogP contribution >= 0.6 is 11.6 Å². The van der Waals surface area contributed by atoms with Crippen molar-refractivity contribution in [2.45, 2.75) is 50.7 Å². The highest BCUT2D eigenvalue weighted by atomic mass is 35.5. The smallest absolute Gasteiger partial charge is 0.408 e. The van der Waals surface area contributed by atoms with Crippen LogP contribution in [0.5, 0.6) is 0 Å². The van der Waals surface area contributed by atoms with Crippen molar-refractivity contribution >= 4 is 40.0 Å². The first kappa shape index (κ1) is 20.0. The molecule has 9 heteroatoms. The number of rotatable bonds is 3. The number of amides is 1. The minimum atomic E-state index is -0.567. The van der Waals surface area contributed by atoms with E-state index in [0.717, 1.165) is 10.9 Å². The van der Waals surface area contributed by atoms with Gasteiger partial charge in [-0.25, -0.2) is 9.78 Å². The molecule has 0 saturated carbocycles. The number of alkyl carbamates (subject to hydrolysis) is 1. The van der Waals surface area contributed by atoms with E-state index in [-0.39, 0.29) is 29.4 Å². The molecule has 4 N–H and O–H groups in total. The maximum atomic E-state index is 12.1. The molecule has 0 unspecified atom stereocenters. The van der Waals surface area contributed by atoms with E-state index in [1.165, 1.54) is 0 Å². The molecular formula is C20H25ClN4O4. The summed E-state index contributed by atoms with van der Waals surface area (Å²) in [6.07, 6.45) is -0.993. The van der Waals surface area contributed by atoms with Crippen molar-refractivity contribution < 1.29 is 19.0 Å². The van der Waals surface area contributed by atoms with Crippen LogP contribution in [-0.2, 0) is 14.2 Å². The Hall–Kier alpha value is -2.29. The first-order chi connectivity index (χ1) is 13.7. The molecule has 4 rings (SSSR count). The van der Waals surface area contributed by atoms with Gasteiger partial charge in [0.25, 0.3) is 0 Å². The third-order valence-corrected chi connectivity index (χ3v) is 5.26. The summed E-state index contributed by atoms with van der Waals surface area (Å²) >= 11 is 6.22. The van der Waals surface area contributed by atoms with Crippen molar-refractivity contribution in [3.63, 3.8) is 0 Å². The molecule has 2 aromatic rings. The molecule has 3 heterocycles. The number of nitrogens with one attached hydrogen (secondary N) is 2. The first-order valence-corrected chi connectivity index (χ1v) is 9.94. The summed E-state index contributed by atoms with van der Waals surface area (Å²) in [6.45, 7) is 6.22. The van der Waals surface area contributed by atoms with Crippen LogP contribution in [0, 0.1) is 0 Å². The average Bonchev–Trinajstić information content (AvgIpc) is 3.21. The Bertz CT molecular complexity index is 933. The Kier molecular flexibility index (Phi) is 5.18. The van der Waals surface area contributed by atoms with Gasteiger partial charge < -0.3 is 30.6 Å². The number of halogens is 1. The Morgan fingerprint density at radius 2 is 1.86 bits per heavy atom. The molecule has 29 heavy (non-hydrogen) atoms. The van der Waals surface area contributed by atoms with Crippen molar-refractivity contribution in [2.24, 2.45) is 0 Å². The van der Waals surface area contributed by atoms with Gasteiger partial charge in [0.2, 0.25) is 0 Å². The second kappa shape index (κ2) is 7.51. The molecule has 0 spiro atoms. The third-order valence-electron chi connectivity index (χ3n) is 4.97. The predicted octanol–water partition coefficient (Wildman–Crippen LogP) is 2.94. The van der Waals surface area contributed by atoms with Crippen molar-refractivity contribution in [2.75, 3.05) is 24.3 Å². The zero-order chi connectivity index (χ0) is 20.8. The molecule has 2 aliphatic rings. The quantitative estimate of drug-likeness (QED) is 0.655. The lowest BCUT2D eigenvalue weighted by molar-refractivity contribution is 0.0406. The number of aromatic nitrogens is 1. The van der Waals surface area contributed by atoms with Crippen LogP contribution in [-0.4, -0.2) is 54.2 Å². The summed E-state index contributed by atoms with van der Waals surface area (Å²) in [5, 5.41) is 7.40. The number of hydrogen-bond acceptors (Lipinski definition) is 7. The van der Waals surface area contributed by atoms with Gasteiger partial charge in [-0.1, -0.05) is 29.8 Å². The summed E-state index contributed by atoms with van der Waals surface area (Å²) in [5.74, 6) is 0. The van der Waals surface area contributed by atoms with Crippen molar-refractivity contribution in [3.05, 3.63) is 29.4 Å². The van der Waals surface area contributed by atoms with E-state index in [0.29, 0.717) is 24.6 Å². The fourth-order valence-corrected chi connectivity index (χ4v) is 3.93. The van der Waals surface area contributed by atoms with E-state index in [1.807, 2.05) is 45.0 Å². The highest BCUT2D eigenvalue weighted by Crippen LogP contribution is 2.36. The second-order valence-electron chi connectivity index (χ2n) is 8.31. The largest absolute Gasteiger partial charge is 0.444 e. The van der Waals surface area contributed by atoms with E-state index in [4.69, 9.17) is 31.5 Å². The molecule has 1 aromatic carbocycles. The maximum absolute atomic E-state index is 12.1. The van der Waals surface area contributed by atoms with Crippen LogP contribution in [0.3, 0.4) is 0 Å². The van der Waals surface area contributed by atoms with Gasteiger partial charge in [0, 0.05) is 5.39 Å². The Morgan fingerprint density at radius 3 is 2.59 bits per heavy atom. The van der Waals surface area contributed by atoms with Gasteiger partial charge in [-0.15, -0.1) is 0 Å². The van der Waals surface area contributed by atoms with E-state index in [1.54, 1.807) is 0 Å². The molecule has 2 aliphatic heterocycles. The lowest BCUT2D eigenvalue weighted by atomic mass is 10.1. The standard InChI is InChI=1S/C20H25ClN4O4/c1-20(2,3)29-19(26)25-13-9-28-16-12(8-27-17(13)16)23-15-10-6-4-5-7-11(10)24-18(21)14(15)22/h4-7,12-13,16-17H,8-9,22H2,1-3H3,(H,23,24)(H,25,26)/t12-,13-,16+,17+/m0/s1. The number of nitrogens with zero attached hydrogens (tertiary/aromatic N) is 1. The van der Waals surface area contributed by atoms with E-state index in [9.17, 15) is 4.79 Å². The second-order valence-corrected chi connectivity index (χ2v) is 8.67. The van der Waals surface area contributed by atoms with Crippen LogP contribution < -0.4 is 16.4 Å². The predicted molar refractivity (Wildman–Crippen MR) is 111 cm³/mol. The fourth-order valence-electron chi connectivity index (χ4n) is 3.74. The highest BCUT2D eigenvalue weighted by Gasteiger charge is 2.48. The Balaban J connectivity index is 1.49. The van der Waals surface area contributed by atoms with Crippen LogP contribution in [0.4, 0.5) is 16.2 Å². The van der Waals surface area contributed by atoms with Gasteiger partial charge in [-0.2, -0.15) is 0 Å². The Labute approximate surface area is 174 Å². The molecule has 1 amide bonds. The topological polar surface area (TPSA) is 108 Å². The zero-order valence-electron chi connectivity index (χ0n) is 16.6. The van der Waals surface area contributed by atoms with Gasteiger partial charge >= 0.3 is 6.09 Å². The molecule has 4 atom stereocenters. The molecule has 156 valence electrons. The van der Waals surface area contributed by atoms with Crippen LogP contribution in [0.15, 0.2) is 24.3 Å². The molecule has 0 bridgehead atoms. The summed E-state index contributed by atoms with van der Waals surface area (Å²) in [5.41, 5.74) is 7.48. The van der Waals surface area contributed by atoms with Gasteiger partial charge in [0.1, 0.15) is 17.8 Å². The summed E-state index contributed by atoms with van der Waals surface area (Å²) in [7, 11) is 0. The molecule has 8 nitrogen and oxygen atoms in total. The monoisotopic (exact) mass is 420 g/mol.